The molecule has 2 aliphatic heterocycles. The molecule has 0 amide bonds. The Kier molecular flexibility index (Phi) is 4.13. The van der Waals surface area contributed by atoms with Crippen molar-refractivity contribution < 1.29 is 9.52 Å². The third-order valence-corrected chi connectivity index (χ3v) is 7.53. The van der Waals surface area contributed by atoms with Crippen molar-refractivity contribution in [3.63, 3.8) is 0 Å². The summed E-state index contributed by atoms with van der Waals surface area (Å²) in [4.78, 5) is 20.7. The molecule has 0 aliphatic carbocycles. The van der Waals surface area contributed by atoms with Crippen LogP contribution in [0.3, 0.4) is 0 Å². The van der Waals surface area contributed by atoms with Gasteiger partial charge in [-0.1, -0.05) is 17.4 Å². The molecule has 4 aromatic heterocycles. The van der Waals surface area contributed by atoms with E-state index < -0.39 is 0 Å². The SMILES string of the molecule is Cc1nc2sc([C@@H](c3ccc(C)o3)N3C[C@@H]4C[C@H](C3)c3cccc(=O)n3C4)c(O)n2n1. The van der Waals surface area contributed by atoms with E-state index in [1.54, 1.807) is 6.07 Å². The van der Waals surface area contributed by atoms with E-state index >= 15 is 0 Å². The van der Waals surface area contributed by atoms with Crippen LogP contribution in [0.2, 0.25) is 0 Å². The van der Waals surface area contributed by atoms with Gasteiger partial charge in [-0.15, -0.1) is 5.10 Å². The molecule has 4 aromatic rings. The molecule has 160 valence electrons. The van der Waals surface area contributed by atoms with Crippen molar-refractivity contribution in [2.75, 3.05) is 13.1 Å². The van der Waals surface area contributed by atoms with Gasteiger partial charge in [0.15, 0.2) is 0 Å². The largest absolute Gasteiger partial charge is 0.492 e. The molecule has 31 heavy (non-hydrogen) atoms. The summed E-state index contributed by atoms with van der Waals surface area (Å²) in [6.45, 7) is 6.09. The van der Waals surface area contributed by atoms with E-state index in [4.69, 9.17) is 4.42 Å². The molecule has 3 atom stereocenters. The van der Waals surface area contributed by atoms with Crippen LogP contribution in [0.25, 0.3) is 4.96 Å². The average molecular weight is 438 g/mol. The number of thiazole rings is 1. The number of furan rings is 1. The lowest BCUT2D eigenvalue weighted by atomic mass is 9.82. The van der Waals surface area contributed by atoms with E-state index in [0.717, 1.165) is 48.1 Å². The predicted molar refractivity (Wildman–Crippen MR) is 116 cm³/mol. The number of aromatic hydroxyl groups is 1. The van der Waals surface area contributed by atoms with Crippen molar-refractivity contribution in [2.24, 2.45) is 5.92 Å². The number of fused-ring (bicyclic) bond motifs is 5. The van der Waals surface area contributed by atoms with Crippen LogP contribution in [0, 0.1) is 19.8 Å². The van der Waals surface area contributed by atoms with Crippen LogP contribution in [0.15, 0.2) is 39.5 Å². The summed E-state index contributed by atoms with van der Waals surface area (Å²) >= 11 is 1.45. The van der Waals surface area contributed by atoms with Crippen LogP contribution >= 0.6 is 11.3 Å². The van der Waals surface area contributed by atoms with Crippen molar-refractivity contribution in [1.82, 2.24) is 24.1 Å². The van der Waals surface area contributed by atoms with Gasteiger partial charge in [-0.2, -0.15) is 4.52 Å². The molecule has 1 fully saturated rings. The van der Waals surface area contributed by atoms with Gasteiger partial charge in [0.25, 0.3) is 5.56 Å². The fraction of sp³-hybridized carbons (Fsp3) is 0.409. The topological polar surface area (TPSA) is 88.8 Å². The van der Waals surface area contributed by atoms with Gasteiger partial charge in [0.05, 0.1) is 4.88 Å². The van der Waals surface area contributed by atoms with Crippen LogP contribution in [0.5, 0.6) is 5.88 Å². The minimum atomic E-state index is -0.227. The van der Waals surface area contributed by atoms with Gasteiger partial charge in [0.2, 0.25) is 10.8 Å². The Morgan fingerprint density at radius 1 is 1.19 bits per heavy atom. The van der Waals surface area contributed by atoms with Crippen molar-refractivity contribution in [3.8, 4) is 5.88 Å². The van der Waals surface area contributed by atoms with Crippen LogP contribution < -0.4 is 5.56 Å². The summed E-state index contributed by atoms with van der Waals surface area (Å²) in [7, 11) is 0. The molecule has 0 radical (unpaired) electrons. The maximum Gasteiger partial charge on any atom is 0.250 e. The van der Waals surface area contributed by atoms with E-state index in [1.165, 1.54) is 15.9 Å². The second-order valence-corrected chi connectivity index (χ2v) is 9.66. The fourth-order valence-corrected chi connectivity index (χ4v) is 6.39. The van der Waals surface area contributed by atoms with E-state index in [0.29, 0.717) is 16.7 Å². The van der Waals surface area contributed by atoms with Gasteiger partial charge in [0.1, 0.15) is 23.4 Å². The lowest BCUT2D eigenvalue weighted by Gasteiger charge is -2.45. The Morgan fingerprint density at radius 3 is 2.84 bits per heavy atom. The highest BCUT2D eigenvalue weighted by Crippen LogP contribution is 2.45. The summed E-state index contributed by atoms with van der Waals surface area (Å²) in [5.74, 6) is 3.03. The zero-order chi connectivity index (χ0) is 21.3. The first-order chi connectivity index (χ1) is 15.0. The van der Waals surface area contributed by atoms with Crippen molar-refractivity contribution in [1.29, 1.82) is 0 Å². The predicted octanol–water partition coefficient (Wildman–Crippen LogP) is 3.08. The van der Waals surface area contributed by atoms with E-state index in [1.807, 2.05) is 36.6 Å². The normalized spacial score (nSPS) is 22.0. The van der Waals surface area contributed by atoms with Gasteiger partial charge < -0.3 is 14.1 Å². The highest BCUT2D eigenvalue weighted by atomic mass is 32.1. The van der Waals surface area contributed by atoms with Crippen LogP contribution in [0.4, 0.5) is 0 Å². The lowest BCUT2D eigenvalue weighted by Crippen LogP contribution is -2.48. The maximum absolute atomic E-state index is 12.4. The molecule has 0 unspecified atom stereocenters. The summed E-state index contributed by atoms with van der Waals surface area (Å²) in [6, 6.07) is 9.29. The zero-order valence-corrected chi connectivity index (χ0v) is 18.2. The van der Waals surface area contributed by atoms with Crippen molar-refractivity contribution in [3.05, 3.63) is 68.6 Å². The molecule has 0 spiro atoms. The molecular weight excluding hydrogens is 414 g/mol. The quantitative estimate of drug-likeness (QED) is 0.530. The van der Waals surface area contributed by atoms with Crippen molar-refractivity contribution in [2.45, 2.75) is 38.8 Å². The van der Waals surface area contributed by atoms with E-state index in [2.05, 4.69) is 21.0 Å². The van der Waals surface area contributed by atoms with Gasteiger partial charge in [-0.25, -0.2) is 4.98 Å². The molecule has 6 rings (SSSR count). The fourth-order valence-electron chi connectivity index (χ4n) is 5.25. The highest BCUT2D eigenvalue weighted by molar-refractivity contribution is 7.17. The summed E-state index contributed by atoms with van der Waals surface area (Å²) < 4.78 is 9.51. The number of aryl methyl sites for hydroxylation is 2. The summed E-state index contributed by atoms with van der Waals surface area (Å²) in [5.41, 5.74) is 1.18. The second kappa shape index (κ2) is 6.80. The van der Waals surface area contributed by atoms with Gasteiger partial charge >= 0.3 is 0 Å². The molecule has 9 heteroatoms. The van der Waals surface area contributed by atoms with Crippen molar-refractivity contribution >= 4 is 16.3 Å². The minimum Gasteiger partial charge on any atom is -0.492 e. The average Bonchev–Trinajstić information content (AvgIpc) is 3.40. The smallest absolute Gasteiger partial charge is 0.250 e. The molecule has 6 heterocycles. The second-order valence-electron chi connectivity index (χ2n) is 8.65. The molecule has 2 bridgehead atoms. The van der Waals surface area contributed by atoms with Crippen LogP contribution in [-0.2, 0) is 6.54 Å². The number of nitrogens with zero attached hydrogens (tertiary/aromatic N) is 5. The Hall–Kier alpha value is -2.91. The van der Waals surface area contributed by atoms with Crippen LogP contribution in [-0.4, -0.2) is 42.3 Å². The van der Waals surface area contributed by atoms with Gasteiger partial charge in [-0.05, 0) is 44.4 Å². The molecule has 2 aliphatic rings. The van der Waals surface area contributed by atoms with Crippen LogP contribution in [0.1, 0.15) is 46.3 Å². The molecular formula is C22H23N5O3S. The first-order valence-corrected chi connectivity index (χ1v) is 11.3. The standard InChI is InChI=1S/C22H23N5O3S/c1-12-6-7-17(30-12)19(20-21(29)27-22(31-20)23-13(2)24-27)25-9-14-8-15(11-25)16-4-3-5-18(28)26(16)10-14/h3-7,14-15,19,29H,8-11H2,1-2H3/t14-,15+,19+/m0/s1. The van der Waals surface area contributed by atoms with Gasteiger partial charge in [-0.3, -0.25) is 9.69 Å². The maximum atomic E-state index is 12.4. The Balaban J connectivity index is 1.44. The summed E-state index contributed by atoms with van der Waals surface area (Å²) in [5, 5.41) is 15.4. The third kappa shape index (κ3) is 2.95. The Morgan fingerprint density at radius 2 is 2.06 bits per heavy atom. The number of piperidine rings is 1. The minimum absolute atomic E-state index is 0.0810. The monoisotopic (exact) mass is 437 g/mol. The number of hydrogen-bond acceptors (Lipinski definition) is 7. The molecule has 1 saturated heterocycles. The van der Waals surface area contributed by atoms with Gasteiger partial charge in [0, 0.05) is 37.3 Å². The number of hydrogen-bond donors (Lipinski definition) is 1. The first-order valence-electron chi connectivity index (χ1n) is 10.5. The highest BCUT2D eigenvalue weighted by Gasteiger charge is 2.40. The molecule has 0 saturated carbocycles. The number of pyridine rings is 1. The molecule has 8 nitrogen and oxygen atoms in total. The Labute approximate surface area is 182 Å². The lowest BCUT2D eigenvalue weighted by molar-refractivity contribution is 0.0868. The first kappa shape index (κ1) is 18.8. The number of likely N-dealkylation sites (tertiary alicyclic amines) is 1. The zero-order valence-electron chi connectivity index (χ0n) is 17.4. The third-order valence-electron chi connectivity index (χ3n) is 6.46. The Bertz CT molecular complexity index is 1350. The number of rotatable bonds is 3. The summed E-state index contributed by atoms with van der Waals surface area (Å²) in [6.07, 6.45) is 1.07. The number of aromatic nitrogens is 4. The van der Waals surface area contributed by atoms with E-state index in [-0.39, 0.29) is 23.4 Å². The molecule has 1 N–H and O–H groups in total. The molecule has 0 aromatic carbocycles. The van der Waals surface area contributed by atoms with E-state index in [9.17, 15) is 9.90 Å².